The fourth-order valence-corrected chi connectivity index (χ4v) is 3.17. The van der Waals surface area contributed by atoms with Gasteiger partial charge in [-0.1, -0.05) is 24.3 Å². The van der Waals surface area contributed by atoms with Crippen LogP contribution < -0.4 is 4.74 Å². The number of H-pyrrole nitrogens is 1. The average molecular weight is 298 g/mol. The number of hydrogen-bond acceptors (Lipinski definition) is 2. The topological polar surface area (TPSA) is 29.9 Å². The number of rotatable bonds is 3. The van der Waals surface area contributed by atoms with E-state index >= 15 is 0 Å². The van der Waals surface area contributed by atoms with Crippen LogP contribution in [0.4, 0.5) is 0 Å². The van der Waals surface area contributed by atoms with E-state index in [0.717, 1.165) is 21.6 Å². The van der Waals surface area contributed by atoms with E-state index in [1.54, 1.807) is 7.11 Å². The lowest BCUT2D eigenvalue weighted by Crippen LogP contribution is -2.08. The van der Waals surface area contributed by atoms with Crippen molar-refractivity contribution in [3.63, 3.8) is 0 Å². The quantitative estimate of drug-likeness (QED) is 0.715. The molecule has 0 aliphatic rings. The van der Waals surface area contributed by atoms with E-state index < -0.39 is 0 Å². The van der Waals surface area contributed by atoms with Gasteiger partial charge >= 0.3 is 0 Å². The minimum Gasteiger partial charge on any atom is -0.497 e. The summed E-state index contributed by atoms with van der Waals surface area (Å²) in [7, 11) is 1.68. The Labute approximate surface area is 129 Å². The van der Waals surface area contributed by atoms with Crippen LogP contribution in [0.15, 0.2) is 42.5 Å². The zero-order valence-corrected chi connectivity index (χ0v) is 13.2. The lowest BCUT2D eigenvalue weighted by molar-refractivity contribution is 0.415. The molecule has 1 aromatic heterocycles. The van der Waals surface area contributed by atoms with Crippen molar-refractivity contribution >= 4 is 23.3 Å². The summed E-state index contributed by atoms with van der Waals surface area (Å²) in [5.74, 6) is 0.835. The van der Waals surface area contributed by atoms with Crippen molar-refractivity contribution in [2.75, 3.05) is 7.11 Å². The maximum atomic E-state index is 5.52. The van der Waals surface area contributed by atoms with Crippen LogP contribution in [0.3, 0.4) is 0 Å². The highest BCUT2D eigenvalue weighted by atomic mass is 32.1. The van der Waals surface area contributed by atoms with Crippen LogP contribution in [0.1, 0.15) is 24.1 Å². The van der Waals surface area contributed by atoms with Crippen molar-refractivity contribution in [1.29, 1.82) is 0 Å². The Hall–Kier alpha value is -2.07. The van der Waals surface area contributed by atoms with E-state index in [9.17, 15) is 0 Å². The summed E-state index contributed by atoms with van der Waals surface area (Å²) in [6, 6.07) is 14.5. The van der Waals surface area contributed by atoms with Gasteiger partial charge in [0, 0.05) is 6.07 Å². The Bertz CT molecular complexity index is 847. The highest BCUT2D eigenvalue weighted by molar-refractivity contribution is 7.71. The standard InChI is InChI=1S/C17H18N2OS/c1-11-6-4-5-7-14(11)12(2)19-16-10-13(20-3)8-9-15(16)18-17(19)21/h4-10,12H,1-3H3,(H,18,21). The number of hydrogen-bond donors (Lipinski definition) is 1. The number of aromatic amines is 1. The molecule has 0 bridgehead atoms. The average Bonchev–Trinajstić information content (AvgIpc) is 2.81. The highest BCUT2D eigenvalue weighted by Gasteiger charge is 2.15. The summed E-state index contributed by atoms with van der Waals surface area (Å²) < 4.78 is 8.21. The van der Waals surface area contributed by atoms with Crippen molar-refractivity contribution in [3.8, 4) is 5.75 Å². The van der Waals surface area contributed by atoms with Gasteiger partial charge in [0.1, 0.15) is 5.75 Å². The number of aryl methyl sites for hydroxylation is 1. The van der Waals surface area contributed by atoms with Crippen LogP contribution in [0, 0.1) is 11.7 Å². The molecule has 1 heterocycles. The number of methoxy groups -OCH3 is 1. The lowest BCUT2D eigenvalue weighted by atomic mass is 10.0. The highest BCUT2D eigenvalue weighted by Crippen LogP contribution is 2.28. The molecule has 0 saturated carbocycles. The molecule has 21 heavy (non-hydrogen) atoms. The van der Waals surface area contributed by atoms with Gasteiger partial charge in [0.25, 0.3) is 0 Å². The molecule has 1 N–H and O–H groups in total. The van der Waals surface area contributed by atoms with Crippen LogP contribution >= 0.6 is 12.2 Å². The summed E-state index contributed by atoms with van der Waals surface area (Å²) in [5, 5.41) is 0. The molecule has 2 aromatic carbocycles. The van der Waals surface area contributed by atoms with E-state index in [4.69, 9.17) is 17.0 Å². The van der Waals surface area contributed by atoms with Gasteiger partial charge in [-0.25, -0.2) is 0 Å². The van der Waals surface area contributed by atoms with E-state index in [1.165, 1.54) is 11.1 Å². The maximum absolute atomic E-state index is 5.52. The minimum atomic E-state index is 0.166. The number of aromatic nitrogens is 2. The molecule has 1 atom stereocenters. The first-order valence-electron chi connectivity index (χ1n) is 6.95. The van der Waals surface area contributed by atoms with Crippen molar-refractivity contribution in [2.45, 2.75) is 19.9 Å². The third kappa shape index (κ3) is 2.36. The molecule has 1 unspecified atom stereocenters. The Morgan fingerprint density at radius 2 is 1.95 bits per heavy atom. The van der Waals surface area contributed by atoms with Crippen LogP contribution in [-0.4, -0.2) is 16.7 Å². The minimum absolute atomic E-state index is 0.166. The number of benzene rings is 2. The first-order valence-corrected chi connectivity index (χ1v) is 7.36. The third-order valence-corrected chi connectivity index (χ3v) is 4.25. The molecule has 0 radical (unpaired) electrons. The zero-order chi connectivity index (χ0) is 15.0. The number of nitrogens with zero attached hydrogens (tertiary/aromatic N) is 1. The molecule has 0 saturated heterocycles. The van der Waals surface area contributed by atoms with Gasteiger partial charge in [0.2, 0.25) is 0 Å². The van der Waals surface area contributed by atoms with Gasteiger partial charge < -0.3 is 14.3 Å². The van der Waals surface area contributed by atoms with Crippen LogP contribution in [0.25, 0.3) is 11.0 Å². The molecule has 4 heteroatoms. The van der Waals surface area contributed by atoms with Crippen molar-refractivity contribution in [2.24, 2.45) is 0 Å². The Balaban J connectivity index is 2.22. The molecule has 108 valence electrons. The normalized spacial score (nSPS) is 12.5. The lowest BCUT2D eigenvalue weighted by Gasteiger charge is -2.17. The smallest absolute Gasteiger partial charge is 0.178 e. The predicted octanol–water partition coefficient (Wildman–Crippen LogP) is 4.63. The maximum Gasteiger partial charge on any atom is 0.178 e. The van der Waals surface area contributed by atoms with Gasteiger partial charge in [0.05, 0.1) is 24.2 Å². The number of imidazole rings is 1. The SMILES string of the molecule is COc1ccc2[nH]c(=S)n(C(C)c3ccccc3C)c2c1. The van der Waals surface area contributed by atoms with E-state index in [-0.39, 0.29) is 6.04 Å². The predicted molar refractivity (Wildman–Crippen MR) is 88.7 cm³/mol. The molecular weight excluding hydrogens is 280 g/mol. The first kappa shape index (κ1) is 13.9. The second-order valence-corrected chi connectivity index (χ2v) is 5.60. The van der Waals surface area contributed by atoms with Gasteiger partial charge in [-0.15, -0.1) is 0 Å². The largest absolute Gasteiger partial charge is 0.497 e. The molecule has 0 spiro atoms. The summed E-state index contributed by atoms with van der Waals surface area (Å²) >= 11 is 5.52. The molecular formula is C17H18N2OS. The Morgan fingerprint density at radius 3 is 2.67 bits per heavy atom. The fraction of sp³-hybridized carbons (Fsp3) is 0.235. The Morgan fingerprint density at radius 1 is 1.19 bits per heavy atom. The molecule has 0 aliphatic carbocycles. The number of fused-ring (bicyclic) bond motifs is 1. The van der Waals surface area contributed by atoms with E-state index in [0.29, 0.717) is 0 Å². The summed E-state index contributed by atoms with van der Waals surface area (Å²) in [4.78, 5) is 3.27. The molecule has 3 rings (SSSR count). The summed E-state index contributed by atoms with van der Waals surface area (Å²) in [6.07, 6.45) is 0. The van der Waals surface area contributed by atoms with Crippen LogP contribution in [0.2, 0.25) is 0 Å². The molecule has 0 fully saturated rings. The summed E-state index contributed by atoms with van der Waals surface area (Å²) in [5.41, 5.74) is 4.64. The number of ether oxygens (including phenoxy) is 1. The third-order valence-electron chi connectivity index (χ3n) is 3.95. The van der Waals surface area contributed by atoms with Crippen molar-refractivity contribution in [1.82, 2.24) is 9.55 Å². The summed E-state index contributed by atoms with van der Waals surface area (Å²) in [6.45, 7) is 4.30. The molecule has 0 amide bonds. The fourth-order valence-electron chi connectivity index (χ4n) is 2.81. The van der Waals surface area contributed by atoms with E-state index in [2.05, 4.69) is 47.7 Å². The first-order chi connectivity index (χ1) is 10.1. The van der Waals surface area contributed by atoms with Crippen molar-refractivity contribution < 1.29 is 4.74 Å². The van der Waals surface area contributed by atoms with E-state index in [1.807, 2.05) is 18.2 Å². The second kappa shape index (κ2) is 5.37. The van der Waals surface area contributed by atoms with Gasteiger partial charge in [-0.2, -0.15) is 0 Å². The molecule has 3 nitrogen and oxygen atoms in total. The monoisotopic (exact) mass is 298 g/mol. The Kier molecular flexibility index (Phi) is 3.55. The second-order valence-electron chi connectivity index (χ2n) is 5.22. The molecule has 3 aromatic rings. The molecule has 0 aliphatic heterocycles. The number of nitrogens with one attached hydrogen (secondary N) is 1. The van der Waals surface area contributed by atoms with Crippen LogP contribution in [0.5, 0.6) is 5.75 Å². The van der Waals surface area contributed by atoms with Gasteiger partial charge in [-0.3, -0.25) is 0 Å². The van der Waals surface area contributed by atoms with Crippen molar-refractivity contribution in [3.05, 3.63) is 58.4 Å². The zero-order valence-electron chi connectivity index (χ0n) is 12.4. The van der Waals surface area contributed by atoms with Crippen LogP contribution in [-0.2, 0) is 0 Å². The van der Waals surface area contributed by atoms with Gasteiger partial charge in [-0.05, 0) is 49.3 Å². The van der Waals surface area contributed by atoms with Gasteiger partial charge in [0.15, 0.2) is 4.77 Å².